The van der Waals surface area contributed by atoms with Crippen molar-refractivity contribution >= 4 is 11.6 Å². The van der Waals surface area contributed by atoms with Crippen molar-refractivity contribution in [3.8, 4) is 11.6 Å². The fourth-order valence-electron chi connectivity index (χ4n) is 1.80. The average molecular weight is 281 g/mol. The van der Waals surface area contributed by atoms with Crippen molar-refractivity contribution in [2.75, 3.05) is 5.32 Å². The van der Waals surface area contributed by atoms with E-state index in [1.165, 1.54) is 24.9 Å². The molecule has 1 aromatic carbocycles. The Hall–Kier alpha value is -3.22. The van der Waals surface area contributed by atoms with E-state index in [1.54, 1.807) is 34.9 Å². The molecule has 0 saturated heterocycles. The van der Waals surface area contributed by atoms with Gasteiger partial charge >= 0.3 is 0 Å². The standard InChI is InChI=1S/C14H11N5O2/c20-12-4-2-1-3-11(12)14(21)18-10-5-6-13(15-7-10)19-8-16-17-9-19/h1-9,20H,(H,18,21). The van der Waals surface area contributed by atoms with Crippen molar-refractivity contribution < 1.29 is 9.90 Å². The molecule has 0 radical (unpaired) electrons. The summed E-state index contributed by atoms with van der Waals surface area (Å²) in [6.45, 7) is 0. The van der Waals surface area contributed by atoms with Crippen LogP contribution < -0.4 is 5.32 Å². The molecule has 3 aromatic rings. The van der Waals surface area contributed by atoms with Gasteiger partial charge in [-0.3, -0.25) is 9.36 Å². The Morgan fingerprint density at radius 2 is 1.86 bits per heavy atom. The molecule has 0 saturated carbocycles. The minimum absolute atomic E-state index is 0.0657. The number of phenols is 1. The number of hydrogen-bond acceptors (Lipinski definition) is 5. The molecule has 0 atom stereocenters. The highest BCUT2D eigenvalue weighted by Crippen LogP contribution is 2.17. The first kappa shape index (κ1) is 12.8. The number of hydrogen-bond donors (Lipinski definition) is 2. The Labute approximate surface area is 119 Å². The Bertz CT molecular complexity index is 753. The van der Waals surface area contributed by atoms with Crippen LogP contribution in [0.3, 0.4) is 0 Å². The summed E-state index contributed by atoms with van der Waals surface area (Å²) in [6, 6.07) is 9.78. The van der Waals surface area contributed by atoms with Crippen LogP contribution in [0.25, 0.3) is 5.82 Å². The highest BCUT2D eigenvalue weighted by molar-refractivity contribution is 6.06. The lowest BCUT2D eigenvalue weighted by Gasteiger charge is -2.07. The highest BCUT2D eigenvalue weighted by Gasteiger charge is 2.10. The summed E-state index contributed by atoms with van der Waals surface area (Å²) in [6.07, 6.45) is 4.58. The van der Waals surface area contributed by atoms with E-state index in [-0.39, 0.29) is 11.3 Å². The smallest absolute Gasteiger partial charge is 0.259 e. The third kappa shape index (κ3) is 2.71. The summed E-state index contributed by atoms with van der Waals surface area (Å²) in [4.78, 5) is 16.2. The fraction of sp³-hybridized carbons (Fsp3) is 0. The number of aromatic nitrogens is 4. The maximum Gasteiger partial charge on any atom is 0.259 e. The van der Waals surface area contributed by atoms with E-state index in [9.17, 15) is 9.90 Å². The molecule has 3 rings (SSSR count). The van der Waals surface area contributed by atoms with E-state index in [1.807, 2.05) is 0 Å². The number of aromatic hydroxyl groups is 1. The maximum absolute atomic E-state index is 12.0. The molecular weight excluding hydrogens is 270 g/mol. The quantitative estimate of drug-likeness (QED) is 0.761. The van der Waals surface area contributed by atoms with E-state index in [0.29, 0.717) is 11.5 Å². The van der Waals surface area contributed by atoms with E-state index in [4.69, 9.17) is 0 Å². The normalized spacial score (nSPS) is 10.3. The van der Waals surface area contributed by atoms with Crippen LogP contribution in [0.15, 0.2) is 55.2 Å². The molecule has 2 N–H and O–H groups in total. The van der Waals surface area contributed by atoms with Crippen molar-refractivity contribution in [1.29, 1.82) is 0 Å². The molecule has 0 unspecified atom stereocenters. The van der Waals surface area contributed by atoms with Crippen molar-refractivity contribution in [2.45, 2.75) is 0 Å². The second-order valence-electron chi connectivity index (χ2n) is 4.25. The van der Waals surface area contributed by atoms with Gasteiger partial charge in [0.15, 0.2) is 0 Å². The van der Waals surface area contributed by atoms with Crippen LogP contribution in [-0.2, 0) is 0 Å². The van der Waals surface area contributed by atoms with Gasteiger partial charge in [-0.05, 0) is 24.3 Å². The maximum atomic E-state index is 12.0. The number of rotatable bonds is 3. The molecule has 0 aliphatic rings. The zero-order valence-electron chi connectivity index (χ0n) is 10.8. The lowest BCUT2D eigenvalue weighted by molar-refractivity contribution is 0.102. The third-order valence-corrected chi connectivity index (χ3v) is 2.84. The summed E-state index contributed by atoms with van der Waals surface area (Å²) < 4.78 is 1.65. The van der Waals surface area contributed by atoms with Crippen LogP contribution in [0, 0.1) is 0 Å². The first-order valence-corrected chi connectivity index (χ1v) is 6.14. The second kappa shape index (κ2) is 5.41. The zero-order chi connectivity index (χ0) is 14.7. The average Bonchev–Trinajstić information content (AvgIpc) is 3.02. The number of carbonyl (C=O) groups is 1. The number of carbonyl (C=O) groups excluding carboxylic acids is 1. The summed E-state index contributed by atoms with van der Waals surface area (Å²) in [5.41, 5.74) is 0.737. The van der Waals surface area contributed by atoms with Gasteiger partial charge < -0.3 is 10.4 Å². The molecule has 7 nitrogen and oxygen atoms in total. The summed E-state index contributed by atoms with van der Waals surface area (Å²) in [5, 5.41) is 19.7. The number of benzene rings is 1. The number of para-hydroxylation sites is 1. The SMILES string of the molecule is O=C(Nc1ccc(-n2cnnc2)nc1)c1ccccc1O. The first-order valence-electron chi connectivity index (χ1n) is 6.14. The van der Waals surface area contributed by atoms with Crippen molar-refractivity contribution in [2.24, 2.45) is 0 Å². The zero-order valence-corrected chi connectivity index (χ0v) is 10.8. The topological polar surface area (TPSA) is 92.9 Å². The molecule has 104 valence electrons. The minimum Gasteiger partial charge on any atom is -0.507 e. The van der Waals surface area contributed by atoms with Crippen molar-refractivity contribution in [3.63, 3.8) is 0 Å². The van der Waals surface area contributed by atoms with Gasteiger partial charge in [-0.15, -0.1) is 10.2 Å². The monoisotopic (exact) mass is 281 g/mol. The van der Waals surface area contributed by atoms with Crippen molar-refractivity contribution in [3.05, 3.63) is 60.8 Å². The molecule has 0 aliphatic carbocycles. The van der Waals surface area contributed by atoms with Crippen LogP contribution in [0.1, 0.15) is 10.4 Å². The predicted octanol–water partition coefficient (Wildman–Crippen LogP) is 1.62. The van der Waals surface area contributed by atoms with Gasteiger partial charge in [-0.1, -0.05) is 12.1 Å². The number of anilines is 1. The van der Waals surface area contributed by atoms with Crippen molar-refractivity contribution in [1.82, 2.24) is 19.7 Å². The third-order valence-electron chi connectivity index (χ3n) is 2.84. The van der Waals surface area contributed by atoms with E-state index in [0.717, 1.165) is 0 Å². The number of nitrogens with zero attached hydrogens (tertiary/aromatic N) is 4. The van der Waals surface area contributed by atoms with Gasteiger partial charge in [0.2, 0.25) is 0 Å². The lowest BCUT2D eigenvalue weighted by Crippen LogP contribution is -2.12. The van der Waals surface area contributed by atoms with Gasteiger partial charge in [-0.25, -0.2) is 4.98 Å². The molecule has 21 heavy (non-hydrogen) atoms. The van der Waals surface area contributed by atoms with Crippen LogP contribution >= 0.6 is 0 Å². The van der Waals surface area contributed by atoms with E-state index < -0.39 is 5.91 Å². The van der Waals surface area contributed by atoms with Gasteiger partial charge in [0.05, 0.1) is 17.4 Å². The summed E-state index contributed by atoms with van der Waals surface area (Å²) >= 11 is 0. The Morgan fingerprint density at radius 1 is 1.10 bits per heavy atom. The van der Waals surface area contributed by atoms with E-state index in [2.05, 4.69) is 20.5 Å². The van der Waals surface area contributed by atoms with Gasteiger partial charge in [0.1, 0.15) is 24.2 Å². The Morgan fingerprint density at radius 3 is 2.52 bits per heavy atom. The molecule has 0 bridgehead atoms. The van der Waals surface area contributed by atoms with Crippen LogP contribution in [-0.4, -0.2) is 30.8 Å². The summed E-state index contributed by atoms with van der Waals surface area (Å²) in [7, 11) is 0. The van der Waals surface area contributed by atoms with Gasteiger partial charge in [-0.2, -0.15) is 0 Å². The molecular formula is C14H11N5O2. The molecule has 1 amide bonds. The van der Waals surface area contributed by atoms with Gasteiger partial charge in [0, 0.05) is 0 Å². The fourth-order valence-corrected chi connectivity index (χ4v) is 1.80. The molecule has 0 aliphatic heterocycles. The molecule has 2 heterocycles. The summed E-state index contributed by atoms with van der Waals surface area (Å²) in [5.74, 6) is 0.177. The Balaban J connectivity index is 1.77. The van der Waals surface area contributed by atoms with Crippen LogP contribution in [0.2, 0.25) is 0 Å². The Kier molecular flexibility index (Phi) is 3.30. The lowest BCUT2D eigenvalue weighted by atomic mass is 10.2. The molecule has 0 spiro atoms. The second-order valence-corrected chi connectivity index (χ2v) is 4.25. The van der Waals surface area contributed by atoms with Crippen LogP contribution in [0.5, 0.6) is 5.75 Å². The largest absolute Gasteiger partial charge is 0.507 e. The van der Waals surface area contributed by atoms with E-state index >= 15 is 0 Å². The first-order chi connectivity index (χ1) is 10.2. The number of nitrogens with one attached hydrogen (secondary N) is 1. The van der Waals surface area contributed by atoms with Crippen LogP contribution in [0.4, 0.5) is 5.69 Å². The minimum atomic E-state index is -0.396. The number of phenolic OH excluding ortho intramolecular Hbond substituents is 1. The molecule has 0 fully saturated rings. The predicted molar refractivity (Wildman–Crippen MR) is 75.2 cm³/mol. The molecule has 2 aromatic heterocycles. The highest BCUT2D eigenvalue weighted by atomic mass is 16.3. The molecule has 7 heteroatoms. The number of pyridine rings is 1. The van der Waals surface area contributed by atoms with Gasteiger partial charge in [0.25, 0.3) is 5.91 Å². The number of amides is 1.